The van der Waals surface area contributed by atoms with Crippen molar-refractivity contribution in [2.24, 2.45) is 0 Å². The molecular weight excluding hydrogens is 252 g/mol. The number of morpholine rings is 1. The first-order valence-corrected chi connectivity index (χ1v) is 6.99. The summed E-state index contributed by atoms with van der Waals surface area (Å²) in [5, 5.41) is 10.1. The van der Waals surface area contributed by atoms with Crippen LogP contribution in [-0.2, 0) is 16.0 Å². The number of carbonyl (C=O) groups is 1. The van der Waals surface area contributed by atoms with Crippen LogP contribution in [-0.4, -0.2) is 47.7 Å². The Kier molecular flexibility index (Phi) is 3.09. The number of fused-ring (bicyclic) bond motifs is 1. The van der Waals surface area contributed by atoms with Crippen molar-refractivity contribution in [3.63, 3.8) is 0 Å². The summed E-state index contributed by atoms with van der Waals surface area (Å²) in [6.45, 7) is 2.50. The molecule has 2 aliphatic rings. The van der Waals surface area contributed by atoms with Crippen LogP contribution in [0.5, 0.6) is 0 Å². The van der Waals surface area contributed by atoms with Crippen LogP contribution in [0.15, 0.2) is 0 Å². The predicted octanol–water partition coefficient (Wildman–Crippen LogP) is 1.26. The summed E-state index contributed by atoms with van der Waals surface area (Å²) in [5.41, 5.74) is 0.777. The minimum absolute atomic E-state index is 0.00814. The van der Waals surface area contributed by atoms with Gasteiger partial charge in [-0.2, -0.15) is 0 Å². The van der Waals surface area contributed by atoms with Gasteiger partial charge in [-0.15, -0.1) is 11.3 Å². The maximum Gasteiger partial charge on any atom is 0.312 e. The van der Waals surface area contributed by atoms with Gasteiger partial charge in [-0.3, -0.25) is 4.79 Å². The van der Waals surface area contributed by atoms with Crippen LogP contribution in [0.4, 0.5) is 0 Å². The number of likely N-dealkylation sites (N-methyl/N-ethyl adjacent to an activating group) is 1. The molecule has 2 atom stereocenters. The number of aromatic nitrogens is 1. The van der Waals surface area contributed by atoms with Crippen LogP contribution >= 0.6 is 11.3 Å². The average Bonchev–Trinajstić information content (AvgIpc) is 2.87. The molecule has 1 fully saturated rings. The van der Waals surface area contributed by atoms with Crippen LogP contribution in [0.1, 0.15) is 34.0 Å². The topological polar surface area (TPSA) is 62.7 Å². The molecule has 6 heteroatoms. The molecule has 1 saturated heterocycles. The Morgan fingerprint density at radius 3 is 3.17 bits per heavy atom. The summed E-state index contributed by atoms with van der Waals surface area (Å²) in [5.74, 6) is -1.17. The number of nitrogens with zero attached hydrogens (tertiary/aromatic N) is 2. The molecule has 1 aromatic rings. The van der Waals surface area contributed by atoms with Gasteiger partial charge in [0.15, 0.2) is 0 Å². The molecule has 1 aliphatic heterocycles. The number of hydrogen-bond acceptors (Lipinski definition) is 5. The Morgan fingerprint density at radius 1 is 1.61 bits per heavy atom. The van der Waals surface area contributed by atoms with Crippen molar-refractivity contribution in [3.05, 3.63) is 15.6 Å². The van der Waals surface area contributed by atoms with Gasteiger partial charge in [-0.1, -0.05) is 0 Å². The summed E-state index contributed by atoms with van der Waals surface area (Å²) in [6, 6.07) is 0. The highest BCUT2D eigenvalue weighted by atomic mass is 32.1. The number of carboxylic acid groups (broad SMARTS) is 1. The van der Waals surface area contributed by atoms with Crippen molar-refractivity contribution < 1.29 is 14.6 Å². The Morgan fingerprint density at radius 2 is 2.44 bits per heavy atom. The first kappa shape index (κ1) is 12.1. The lowest BCUT2D eigenvalue weighted by molar-refractivity contribution is -0.138. The molecular formula is C12H16N2O3S. The molecule has 0 amide bonds. The van der Waals surface area contributed by atoms with Gasteiger partial charge in [0.1, 0.15) is 17.0 Å². The Labute approximate surface area is 109 Å². The normalized spacial score (nSPS) is 28.3. The van der Waals surface area contributed by atoms with E-state index in [1.165, 1.54) is 0 Å². The zero-order chi connectivity index (χ0) is 12.7. The van der Waals surface area contributed by atoms with E-state index >= 15 is 0 Å². The van der Waals surface area contributed by atoms with Crippen molar-refractivity contribution in [3.8, 4) is 0 Å². The molecule has 0 bridgehead atoms. The molecule has 5 nitrogen and oxygen atoms in total. The predicted molar refractivity (Wildman–Crippen MR) is 67.0 cm³/mol. The number of thiazole rings is 1. The van der Waals surface area contributed by atoms with E-state index in [1.807, 2.05) is 0 Å². The summed E-state index contributed by atoms with van der Waals surface area (Å²) in [6.07, 6.45) is 1.54. The fourth-order valence-electron chi connectivity index (χ4n) is 2.55. The second kappa shape index (κ2) is 4.60. The Balaban J connectivity index is 1.83. The third-order valence-electron chi connectivity index (χ3n) is 3.58. The molecule has 0 aromatic carbocycles. The van der Waals surface area contributed by atoms with Gasteiger partial charge in [0.2, 0.25) is 0 Å². The third kappa shape index (κ3) is 2.04. The molecule has 3 rings (SSSR count). The zero-order valence-corrected chi connectivity index (χ0v) is 11.1. The highest BCUT2D eigenvalue weighted by Gasteiger charge is 2.34. The van der Waals surface area contributed by atoms with E-state index < -0.39 is 11.9 Å². The molecule has 0 saturated carbocycles. The van der Waals surface area contributed by atoms with E-state index in [1.54, 1.807) is 11.3 Å². The smallest absolute Gasteiger partial charge is 0.312 e. The van der Waals surface area contributed by atoms with Crippen molar-refractivity contribution >= 4 is 17.3 Å². The van der Waals surface area contributed by atoms with Gasteiger partial charge in [0.25, 0.3) is 0 Å². The monoisotopic (exact) mass is 268 g/mol. The van der Waals surface area contributed by atoms with Crippen molar-refractivity contribution in [1.82, 2.24) is 9.88 Å². The lowest BCUT2D eigenvalue weighted by Crippen LogP contribution is -2.35. The molecule has 2 heterocycles. The largest absolute Gasteiger partial charge is 0.481 e. The number of rotatable bonds is 2. The molecule has 1 N–H and O–H groups in total. The van der Waals surface area contributed by atoms with Crippen molar-refractivity contribution in [2.45, 2.75) is 24.9 Å². The van der Waals surface area contributed by atoms with E-state index in [0.717, 1.165) is 35.1 Å². The minimum atomic E-state index is -0.757. The quantitative estimate of drug-likeness (QED) is 0.875. The van der Waals surface area contributed by atoms with Gasteiger partial charge in [0, 0.05) is 18.0 Å². The second-order valence-corrected chi connectivity index (χ2v) is 6.03. The van der Waals surface area contributed by atoms with Gasteiger partial charge in [-0.05, 0) is 19.9 Å². The van der Waals surface area contributed by atoms with Crippen LogP contribution in [0.2, 0.25) is 0 Å². The summed E-state index contributed by atoms with van der Waals surface area (Å²) in [7, 11) is 2.07. The van der Waals surface area contributed by atoms with E-state index in [-0.39, 0.29) is 6.10 Å². The van der Waals surface area contributed by atoms with Crippen molar-refractivity contribution in [1.29, 1.82) is 0 Å². The lowest BCUT2D eigenvalue weighted by atomic mass is 10.1. The van der Waals surface area contributed by atoms with Crippen LogP contribution in [0, 0.1) is 0 Å². The van der Waals surface area contributed by atoms with Gasteiger partial charge in [0.05, 0.1) is 12.3 Å². The SMILES string of the molecule is CN1CCOC(c2nc3c(s2)CCC3C(=O)O)C1. The molecule has 1 aromatic heterocycles. The van der Waals surface area contributed by atoms with Crippen LogP contribution in [0.25, 0.3) is 0 Å². The second-order valence-electron chi connectivity index (χ2n) is 4.91. The zero-order valence-electron chi connectivity index (χ0n) is 10.3. The lowest BCUT2D eigenvalue weighted by Gasteiger charge is -2.28. The van der Waals surface area contributed by atoms with Crippen molar-refractivity contribution in [2.75, 3.05) is 26.7 Å². The first-order valence-electron chi connectivity index (χ1n) is 6.17. The fourth-order valence-corrected chi connectivity index (χ4v) is 3.73. The molecule has 2 unspecified atom stereocenters. The minimum Gasteiger partial charge on any atom is -0.481 e. The molecule has 1 aliphatic carbocycles. The maximum absolute atomic E-state index is 11.1. The molecule has 98 valence electrons. The van der Waals surface area contributed by atoms with Gasteiger partial charge >= 0.3 is 5.97 Å². The number of carboxylic acids is 1. The standard InChI is InChI=1S/C12H16N2O3S/c1-14-4-5-17-8(6-14)11-13-10-7(12(15)16)2-3-9(10)18-11/h7-8H,2-6H2,1H3,(H,15,16). The highest BCUT2D eigenvalue weighted by Crippen LogP contribution is 2.39. The van der Waals surface area contributed by atoms with Gasteiger partial charge < -0.3 is 14.7 Å². The average molecular weight is 268 g/mol. The summed E-state index contributed by atoms with van der Waals surface area (Å²) >= 11 is 1.63. The summed E-state index contributed by atoms with van der Waals surface area (Å²) in [4.78, 5) is 19.0. The number of hydrogen-bond donors (Lipinski definition) is 1. The maximum atomic E-state index is 11.1. The molecule has 18 heavy (non-hydrogen) atoms. The number of aliphatic carboxylic acids is 1. The van der Waals surface area contributed by atoms with E-state index in [2.05, 4.69) is 16.9 Å². The van der Waals surface area contributed by atoms with E-state index in [0.29, 0.717) is 13.0 Å². The van der Waals surface area contributed by atoms with E-state index in [4.69, 9.17) is 9.84 Å². The van der Waals surface area contributed by atoms with E-state index in [9.17, 15) is 4.79 Å². The Bertz CT molecular complexity index is 474. The third-order valence-corrected chi connectivity index (χ3v) is 4.80. The van der Waals surface area contributed by atoms with Gasteiger partial charge in [-0.25, -0.2) is 4.98 Å². The highest BCUT2D eigenvalue weighted by molar-refractivity contribution is 7.11. The van der Waals surface area contributed by atoms with Crippen LogP contribution in [0.3, 0.4) is 0 Å². The number of ether oxygens (including phenoxy) is 1. The molecule has 0 radical (unpaired) electrons. The summed E-state index contributed by atoms with van der Waals surface area (Å²) < 4.78 is 5.73. The first-order chi connectivity index (χ1) is 8.65. The van der Waals surface area contributed by atoms with Crippen LogP contribution < -0.4 is 0 Å². The fraction of sp³-hybridized carbons (Fsp3) is 0.667. The number of aryl methyl sites for hydroxylation is 1. The molecule has 0 spiro atoms. The Hall–Kier alpha value is -0.980.